The third kappa shape index (κ3) is 5.61. The fraction of sp³-hybridized carbons (Fsp3) is 0.650. The van der Waals surface area contributed by atoms with Crippen molar-refractivity contribution in [1.29, 1.82) is 0 Å². The Morgan fingerprint density at radius 3 is 2.52 bits per heavy atom. The minimum Gasteiger partial charge on any atom is -0.357 e. The maximum atomic E-state index is 12.7. The van der Waals surface area contributed by atoms with E-state index in [1.807, 2.05) is 18.9 Å². The number of halogens is 3. The molecular weight excluding hydrogens is 353 g/mol. The SMILES string of the molecule is CCNC(=NCC1CCN(C2CC2)C1)N(C)Cc1ccc(C(F)(F)F)cc1. The molecular formula is C20H29F3N4. The van der Waals surface area contributed by atoms with Crippen LogP contribution in [-0.2, 0) is 12.7 Å². The predicted molar refractivity (Wildman–Crippen MR) is 102 cm³/mol. The Morgan fingerprint density at radius 2 is 1.93 bits per heavy atom. The summed E-state index contributed by atoms with van der Waals surface area (Å²) in [5.74, 6) is 1.40. The monoisotopic (exact) mass is 382 g/mol. The van der Waals surface area contributed by atoms with Crippen LogP contribution in [0.3, 0.4) is 0 Å². The smallest absolute Gasteiger partial charge is 0.357 e. The maximum Gasteiger partial charge on any atom is 0.416 e. The van der Waals surface area contributed by atoms with Gasteiger partial charge in [0.2, 0.25) is 0 Å². The van der Waals surface area contributed by atoms with Gasteiger partial charge in [-0.2, -0.15) is 13.2 Å². The second-order valence-electron chi connectivity index (χ2n) is 7.63. The highest BCUT2D eigenvalue weighted by Gasteiger charge is 2.34. The molecule has 1 saturated carbocycles. The van der Waals surface area contributed by atoms with Gasteiger partial charge in [-0.1, -0.05) is 12.1 Å². The van der Waals surface area contributed by atoms with Crippen molar-refractivity contribution in [3.05, 3.63) is 35.4 Å². The summed E-state index contributed by atoms with van der Waals surface area (Å²) >= 11 is 0. The molecule has 27 heavy (non-hydrogen) atoms. The van der Waals surface area contributed by atoms with Crippen molar-refractivity contribution in [2.45, 2.75) is 44.9 Å². The summed E-state index contributed by atoms with van der Waals surface area (Å²) in [6.45, 7) is 6.41. The number of rotatable bonds is 6. The number of nitrogens with one attached hydrogen (secondary N) is 1. The quantitative estimate of drug-likeness (QED) is 0.603. The van der Waals surface area contributed by atoms with E-state index in [9.17, 15) is 13.2 Å². The van der Waals surface area contributed by atoms with E-state index in [4.69, 9.17) is 4.99 Å². The van der Waals surface area contributed by atoms with Crippen molar-refractivity contribution in [1.82, 2.24) is 15.1 Å². The molecule has 0 amide bonds. The number of nitrogens with zero attached hydrogens (tertiary/aromatic N) is 3. The topological polar surface area (TPSA) is 30.9 Å². The molecule has 1 N–H and O–H groups in total. The molecule has 1 saturated heterocycles. The highest BCUT2D eigenvalue weighted by molar-refractivity contribution is 5.79. The molecule has 1 aromatic rings. The average Bonchev–Trinajstić information content (AvgIpc) is 3.37. The van der Waals surface area contributed by atoms with Crippen LogP contribution in [0.5, 0.6) is 0 Å². The fourth-order valence-corrected chi connectivity index (χ4v) is 3.62. The van der Waals surface area contributed by atoms with Crippen LogP contribution in [-0.4, -0.2) is 55.0 Å². The third-order valence-corrected chi connectivity index (χ3v) is 5.28. The molecule has 1 atom stereocenters. The Labute approximate surface area is 159 Å². The highest BCUT2D eigenvalue weighted by Crippen LogP contribution is 2.32. The van der Waals surface area contributed by atoms with E-state index in [2.05, 4.69) is 10.2 Å². The first kappa shape index (κ1) is 20.0. The van der Waals surface area contributed by atoms with Crippen molar-refractivity contribution in [3.8, 4) is 0 Å². The zero-order chi connectivity index (χ0) is 19.4. The van der Waals surface area contributed by atoms with Crippen molar-refractivity contribution < 1.29 is 13.2 Å². The second kappa shape index (κ2) is 8.50. The molecule has 0 aromatic heterocycles. The third-order valence-electron chi connectivity index (χ3n) is 5.28. The van der Waals surface area contributed by atoms with Gasteiger partial charge < -0.3 is 15.1 Å². The van der Waals surface area contributed by atoms with Gasteiger partial charge in [-0.05, 0) is 56.3 Å². The molecule has 1 aromatic carbocycles. The first-order valence-corrected chi connectivity index (χ1v) is 9.76. The van der Waals surface area contributed by atoms with Crippen LogP contribution >= 0.6 is 0 Å². The van der Waals surface area contributed by atoms with Crippen molar-refractivity contribution in [2.75, 3.05) is 33.2 Å². The van der Waals surface area contributed by atoms with E-state index in [1.54, 1.807) is 0 Å². The van der Waals surface area contributed by atoms with Gasteiger partial charge in [0.05, 0.1) is 5.56 Å². The Balaban J connectivity index is 1.56. The van der Waals surface area contributed by atoms with Gasteiger partial charge in [-0.15, -0.1) is 0 Å². The molecule has 3 rings (SSSR count). The number of alkyl halides is 3. The lowest BCUT2D eigenvalue weighted by atomic mass is 10.1. The molecule has 2 fully saturated rings. The van der Waals surface area contributed by atoms with Gasteiger partial charge in [-0.3, -0.25) is 4.99 Å². The van der Waals surface area contributed by atoms with Crippen LogP contribution in [0.15, 0.2) is 29.3 Å². The van der Waals surface area contributed by atoms with E-state index in [1.165, 1.54) is 37.9 Å². The summed E-state index contributed by atoms with van der Waals surface area (Å²) < 4.78 is 38.1. The molecule has 1 unspecified atom stereocenters. The van der Waals surface area contributed by atoms with Crippen LogP contribution in [0.4, 0.5) is 13.2 Å². The molecule has 1 aliphatic heterocycles. The number of aliphatic imine (C=N–C) groups is 1. The number of hydrogen-bond donors (Lipinski definition) is 1. The molecule has 2 aliphatic rings. The summed E-state index contributed by atoms with van der Waals surface area (Å²) in [4.78, 5) is 9.34. The van der Waals surface area contributed by atoms with E-state index < -0.39 is 11.7 Å². The largest absolute Gasteiger partial charge is 0.416 e. The van der Waals surface area contributed by atoms with E-state index in [-0.39, 0.29) is 0 Å². The van der Waals surface area contributed by atoms with Crippen LogP contribution in [0, 0.1) is 5.92 Å². The summed E-state index contributed by atoms with van der Waals surface area (Å²) in [6, 6.07) is 6.16. The number of guanidine groups is 1. The summed E-state index contributed by atoms with van der Waals surface area (Å²) in [7, 11) is 1.92. The normalized spacial score (nSPS) is 21.5. The maximum absolute atomic E-state index is 12.7. The summed E-state index contributed by atoms with van der Waals surface area (Å²) in [5.41, 5.74) is 0.216. The van der Waals surface area contributed by atoms with Crippen LogP contribution in [0.2, 0.25) is 0 Å². The minimum absolute atomic E-state index is 0.517. The van der Waals surface area contributed by atoms with Crippen molar-refractivity contribution in [2.24, 2.45) is 10.9 Å². The molecule has 4 nitrogen and oxygen atoms in total. The standard InChI is InChI=1S/C20H29F3N4/c1-3-24-19(25-12-16-10-11-27(14-16)18-8-9-18)26(2)13-15-4-6-17(7-5-15)20(21,22)23/h4-7,16,18H,3,8-14H2,1-2H3,(H,24,25). The predicted octanol–water partition coefficient (Wildman–Crippen LogP) is 3.59. The first-order chi connectivity index (χ1) is 12.9. The molecule has 0 spiro atoms. The van der Waals surface area contributed by atoms with Gasteiger partial charge in [0.15, 0.2) is 5.96 Å². The van der Waals surface area contributed by atoms with Crippen LogP contribution < -0.4 is 5.32 Å². The Hall–Kier alpha value is -1.76. The molecule has 0 radical (unpaired) electrons. The number of benzene rings is 1. The Bertz CT molecular complexity index is 638. The zero-order valence-corrected chi connectivity index (χ0v) is 16.1. The summed E-state index contributed by atoms with van der Waals surface area (Å²) in [5, 5.41) is 3.29. The van der Waals surface area contributed by atoms with Crippen molar-refractivity contribution >= 4 is 5.96 Å². The molecule has 1 aliphatic carbocycles. The minimum atomic E-state index is -4.30. The van der Waals surface area contributed by atoms with E-state index in [0.717, 1.165) is 49.3 Å². The zero-order valence-electron chi connectivity index (χ0n) is 16.1. The Morgan fingerprint density at radius 1 is 1.22 bits per heavy atom. The molecule has 7 heteroatoms. The van der Waals surface area contributed by atoms with Gasteiger partial charge in [0.1, 0.15) is 0 Å². The van der Waals surface area contributed by atoms with Crippen LogP contribution in [0.25, 0.3) is 0 Å². The lowest BCUT2D eigenvalue weighted by Crippen LogP contribution is -2.39. The number of likely N-dealkylation sites (tertiary alicyclic amines) is 1. The lowest BCUT2D eigenvalue weighted by molar-refractivity contribution is -0.137. The molecule has 1 heterocycles. The van der Waals surface area contributed by atoms with Crippen LogP contribution in [0.1, 0.15) is 37.3 Å². The van der Waals surface area contributed by atoms with Gasteiger partial charge in [0, 0.05) is 39.3 Å². The first-order valence-electron chi connectivity index (χ1n) is 9.76. The van der Waals surface area contributed by atoms with Gasteiger partial charge >= 0.3 is 6.18 Å². The lowest BCUT2D eigenvalue weighted by Gasteiger charge is -2.23. The Kier molecular flexibility index (Phi) is 6.29. The second-order valence-corrected chi connectivity index (χ2v) is 7.63. The van der Waals surface area contributed by atoms with Gasteiger partial charge in [-0.25, -0.2) is 0 Å². The fourth-order valence-electron chi connectivity index (χ4n) is 3.62. The number of hydrogen-bond acceptors (Lipinski definition) is 2. The average molecular weight is 382 g/mol. The molecule has 150 valence electrons. The molecule has 0 bridgehead atoms. The van der Waals surface area contributed by atoms with E-state index >= 15 is 0 Å². The highest BCUT2D eigenvalue weighted by atomic mass is 19.4. The van der Waals surface area contributed by atoms with Gasteiger partial charge in [0.25, 0.3) is 0 Å². The van der Waals surface area contributed by atoms with E-state index in [0.29, 0.717) is 12.5 Å². The summed E-state index contributed by atoms with van der Waals surface area (Å²) in [6.07, 6.45) is -0.415. The van der Waals surface area contributed by atoms with Crippen molar-refractivity contribution in [3.63, 3.8) is 0 Å².